The minimum absolute atomic E-state index is 0.140. The Hall–Kier alpha value is -1.62. The molecule has 2 heterocycles. The molecule has 1 aromatic rings. The van der Waals surface area contributed by atoms with Crippen molar-refractivity contribution in [3.8, 4) is 0 Å². The second-order valence-corrected chi connectivity index (χ2v) is 4.86. The van der Waals surface area contributed by atoms with Crippen LogP contribution < -0.4 is 4.90 Å². The van der Waals surface area contributed by atoms with Crippen molar-refractivity contribution >= 4 is 29.0 Å². The number of aromatic nitrogens is 1. The predicted octanol–water partition coefficient (Wildman–Crippen LogP) is 1.86. The maximum absolute atomic E-state index is 12.4. The van der Waals surface area contributed by atoms with Crippen LogP contribution in [0.2, 0.25) is 5.15 Å². The van der Waals surface area contributed by atoms with Gasteiger partial charge in [0.1, 0.15) is 11.1 Å². The van der Waals surface area contributed by atoms with Crippen LogP contribution in [0.5, 0.6) is 0 Å². The molecular weight excluding hydrogens is 268 g/mol. The Morgan fingerprint density at radius 3 is 2.95 bits per heavy atom. The zero-order chi connectivity index (χ0) is 14.2. The molecule has 102 valence electrons. The summed E-state index contributed by atoms with van der Waals surface area (Å²) in [4.78, 5) is 30.1. The standard InChI is InChI=1S/C13H15ClN2O3/c1-4-19-13(18)8-6-16(3)9-5-7(2)15-12(14)10(9)11(8)17/h5,8H,4,6H2,1-3H3. The number of carbonyl (C=O) groups excluding carboxylic acids is 2. The number of ketones is 1. The SMILES string of the molecule is CCOC(=O)C1CN(C)c2cc(C)nc(Cl)c2C1=O. The van der Waals surface area contributed by atoms with Crippen LogP contribution in [-0.4, -0.2) is 36.9 Å². The zero-order valence-electron chi connectivity index (χ0n) is 11.1. The van der Waals surface area contributed by atoms with E-state index in [2.05, 4.69) is 4.98 Å². The van der Waals surface area contributed by atoms with E-state index in [4.69, 9.17) is 16.3 Å². The summed E-state index contributed by atoms with van der Waals surface area (Å²) in [6.45, 7) is 4.06. The van der Waals surface area contributed by atoms with Crippen LogP contribution in [0.15, 0.2) is 6.07 Å². The fourth-order valence-electron chi connectivity index (χ4n) is 2.20. The number of halogens is 1. The number of anilines is 1. The van der Waals surface area contributed by atoms with Gasteiger partial charge in [-0.05, 0) is 19.9 Å². The highest BCUT2D eigenvalue weighted by atomic mass is 35.5. The van der Waals surface area contributed by atoms with Crippen LogP contribution in [0.25, 0.3) is 0 Å². The van der Waals surface area contributed by atoms with Gasteiger partial charge in [-0.1, -0.05) is 11.6 Å². The third kappa shape index (κ3) is 2.42. The van der Waals surface area contributed by atoms with Gasteiger partial charge >= 0.3 is 5.97 Å². The molecule has 1 aliphatic heterocycles. The number of carbonyl (C=O) groups is 2. The van der Waals surface area contributed by atoms with Crippen LogP contribution in [0.1, 0.15) is 23.0 Å². The molecule has 0 radical (unpaired) electrons. The molecule has 0 spiro atoms. The van der Waals surface area contributed by atoms with Gasteiger partial charge in [0.15, 0.2) is 5.78 Å². The Bertz CT molecular complexity index is 545. The van der Waals surface area contributed by atoms with Crippen molar-refractivity contribution in [1.29, 1.82) is 0 Å². The van der Waals surface area contributed by atoms with E-state index in [1.54, 1.807) is 13.0 Å². The first kappa shape index (κ1) is 13.8. The van der Waals surface area contributed by atoms with Gasteiger partial charge in [0.05, 0.1) is 17.9 Å². The lowest BCUT2D eigenvalue weighted by Crippen LogP contribution is -2.42. The monoisotopic (exact) mass is 282 g/mol. The van der Waals surface area contributed by atoms with E-state index in [0.717, 1.165) is 5.69 Å². The van der Waals surface area contributed by atoms with Crippen molar-refractivity contribution in [1.82, 2.24) is 4.98 Å². The molecule has 0 fully saturated rings. The third-order valence-electron chi connectivity index (χ3n) is 3.08. The molecular formula is C13H15ClN2O3. The van der Waals surface area contributed by atoms with Crippen molar-refractivity contribution in [2.45, 2.75) is 13.8 Å². The fraction of sp³-hybridized carbons (Fsp3) is 0.462. The maximum atomic E-state index is 12.4. The molecule has 0 aliphatic carbocycles. The number of hydrogen-bond acceptors (Lipinski definition) is 5. The molecule has 0 saturated heterocycles. The number of pyridine rings is 1. The van der Waals surface area contributed by atoms with E-state index in [9.17, 15) is 9.59 Å². The molecule has 6 heteroatoms. The van der Waals surface area contributed by atoms with Crippen molar-refractivity contribution in [3.63, 3.8) is 0 Å². The molecule has 1 aliphatic rings. The smallest absolute Gasteiger partial charge is 0.318 e. The summed E-state index contributed by atoms with van der Waals surface area (Å²) in [6.07, 6.45) is 0. The molecule has 0 saturated carbocycles. The zero-order valence-corrected chi connectivity index (χ0v) is 11.8. The molecule has 0 aromatic carbocycles. The van der Waals surface area contributed by atoms with E-state index in [-0.39, 0.29) is 17.5 Å². The van der Waals surface area contributed by atoms with Crippen molar-refractivity contribution in [3.05, 3.63) is 22.5 Å². The number of esters is 1. The van der Waals surface area contributed by atoms with E-state index in [1.165, 1.54) is 0 Å². The highest BCUT2D eigenvalue weighted by Crippen LogP contribution is 2.33. The lowest BCUT2D eigenvalue weighted by atomic mass is 9.92. The Labute approximate surface area is 116 Å². The van der Waals surface area contributed by atoms with Gasteiger partial charge in [0.2, 0.25) is 0 Å². The van der Waals surface area contributed by atoms with Gasteiger partial charge in [-0.15, -0.1) is 0 Å². The van der Waals surface area contributed by atoms with Crippen LogP contribution >= 0.6 is 11.6 Å². The van der Waals surface area contributed by atoms with Crippen LogP contribution in [0.4, 0.5) is 5.69 Å². The summed E-state index contributed by atoms with van der Waals surface area (Å²) in [5.41, 5.74) is 1.75. The van der Waals surface area contributed by atoms with Crippen molar-refractivity contribution < 1.29 is 14.3 Å². The lowest BCUT2D eigenvalue weighted by molar-refractivity contribution is -0.145. The minimum Gasteiger partial charge on any atom is -0.465 e. The maximum Gasteiger partial charge on any atom is 0.318 e. The average molecular weight is 283 g/mol. The van der Waals surface area contributed by atoms with Gasteiger partial charge in [0.25, 0.3) is 0 Å². The van der Waals surface area contributed by atoms with E-state index < -0.39 is 11.9 Å². The molecule has 0 amide bonds. The highest BCUT2D eigenvalue weighted by molar-refractivity contribution is 6.34. The molecule has 0 bridgehead atoms. The summed E-state index contributed by atoms with van der Waals surface area (Å²) in [6, 6.07) is 1.79. The minimum atomic E-state index is -0.834. The number of nitrogens with zero attached hydrogens (tertiary/aromatic N) is 2. The van der Waals surface area contributed by atoms with Gasteiger partial charge in [-0.3, -0.25) is 9.59 Å². The Morgan fingerprint density at radius 2 is 2.32 bits per heavy atom. The summed E-state index contributed by atoms with van der Waals surface area (Å²) in [5, 5.41) is 0.140. The van der Waals surface area contributed by atoms with Crippen LogP contribution in [0.3, 0.4) is 0 Å². The largest absolute Gasteiger partial charge is 0.465 e. The third-order valence-corrected chi connectivity index (χ3v) is 3.36. The van der Waals surface area contributed by atoms with E-state index in [0.29, 0.717) is 17.8 Å². The summed E-state index contributed by atoms with van der Waals surface area (Å²) in [7, 11) is 1.81. The van der Waals surface area contributed by atoms with Crippen molar-refractivity contribution in [2.75, 3.05) is 25.1 Å². The fourth-order valence-corrected chi connectivity index (χ4v) is 2.52. The molecule has 19 heavy (non-hydrogen) atoms. The number of rotatable bonds is 2. The summed E-state index contributed by atoms with van der Waals surface area (Å²) in [5.74, 6) is -1.66. The normalized spacial score (nSPS) is 18.2. The van der Waals surface area contributed by atoms with Crippen LogP contribution in [0, 0.1) is 12.8 Å². The summed E-state index contributed by atoms with van der Waals surface area (Å²) >= 11 is 6.04. The van der Waals surface area contributed by atoms with Gasteiger partial charge in [0, 0.05) is 19.3 Å². The molecule has 2 rings (SSSR count). The Morgan fingerprint density at radius 1 is 1.63 bits per heavy atom. The molecule has 0 N–H and O–H groups in total. The molecule has 1 unspecified atom stereocenters. The Kier molecular flexibility index (Phi) is 3.75. The van der Waals surface area contributed by atoms with E-state index in [1.807, 2.05) is 18.9 Å². The topological polar surface area (TPSA) is 59.5 Å². The van der Waals surface area contributed by atoms with Gasteiger partial charge in [-0.2, -0.15) is 0 Å². The highest BCUT2D eigenvalue weighted by Gasteiger charge is 2.38. The summed E-state index contributed by atoms with van der Waals surface area (Å²) < 4.78 is 4.93. The predicted molar refractivity (Wildman–Crippen MR) is 71.7 cm³/mol. The quantitative estimate of drug-likeness (QED) is 0.471. The van der Waals surface area contributed by atoms with E-state index >= 15 is 0 Å². The Balaban J connectivity index is 2.45. The molecule has 1 aromatic heterocycles. The van der Waals surface area contributed by atoms with Gasteiger partial charge < -0.3 is 9.64 Å². The van der Waals surface area contributed by atoms with Crippen LogP contribution in [-0.2, 0) is 9.53 Å². The van der Waals surface area contributed by atoms with Crippen molar-refractivity contribution in [2.24, 2.45) is 5.92 Å². The number of Topliss-reactive ketones (excluding diaryl/α,β-unsaturated/α-hetero) is 1. The average Bonchev–Trinajstić information content (AvgIpc) is 2.33. The molecule has 1 atom stereocenters. The molecule has 5 nitrogen and oxygen atoms in total. The second-order valence-electron chi connectivity index (χ2n) is 4.50. The first-order chi connectivity index (χ1) is 8.95. The first-order valence-corrected chi connectivity index (χ1v) is 6.42. The number of fused-ring (bicyclic) bond motifs is 1. The van der Waals surface area contributed by atoms with Gasteiger partial charge in [-0.25, -0.2) is 4.98 Å². The number of ether oxygens (including phenoxy) is 1. The lowest BCUT2D eigenvalue weighted by Gasteiger charge is -2.31. The second kappa shape index (κ2) is 5.17. The first-order valence-electron chi connectivity index (χ1n) is 6.04. The number of aryl methyl sites for hydroxylation is 1. The number of hydrogen-bond donors (Lipinski definition) is 0.